The van der Waals surface area contributed by atoms with Crippen LogP contribution in [0, 0.1) is 16.7 Å². The first-order valence-electron chi connectivity index (χ1n) is 13.8. The Morgan fingerprint density at radius 3 is 2.64 bits per heavy atom. The molecule has 2 fully saturated rings. The fraction of sp³-hybridized carbons (Fsp3) is 0.345. The van der Waals surface area contributed by atoms with Gasteiger partial charge in [0.1, 0.15) is 29.7 Å². The molecule has 2 unspecified atom stereocenters. The summed E-state index contributed by atoms with van der Waals surface area (Å²) in [6, 6.07) is 16.1. The third-order valence-electron chi connectivity index (χ3n) is 7.58. The van der Waals surface area contributed by atoms with Crippen molar-refractivity contribution in [3.8, 4) is 6.07 Å². The van der Waals surface area contributed by atoms with Crippen LogP contribution in [0.1, 0.15) is 36.7 Å². The lowest BCUT2D eigenvalue weighted by atomic mass is 10.0. The highest BCUT2D eigenvalue weighted by molar-refractivity contribution is 6.20. The summed E-state index contributed by atoms with van der Waals surface area (Å²) in [6.45, 7) is 8.39. The molecule has 2 aliphatic heterocycles. The molecule has 4 N–H and O–H groups in total. The number of hydrogen-bond donors (Lipinski definition) is 3. The summed E-state index contributed by atoms with van der Waals surface area (Å²) in [6.07, 6.45) is 6.28. The second-order valence-corrected chi connectivity index (χ2v) is 10.3. The number of nitriles is 1. The number of anilines is 3. The molecule has 2 saturated heterocycles. The number of rotatable bonds is 10. The lowest BCUT2D eigenvalue weighted by Gasteiger charge is -2.32. The van der Waals surface area contributed by atoms with Crippen molar-refractivity contribution in [3.05, 3.63) is 71.8 Å². The molecule has 0 aliphatic carbocycles. The van der Waals surface area contributed by atoms with E-state index >= 15 is 0 Å². The number of nitrogens with two attached hydrogens (primary N) is 1. The average Bonchev–Trinajstić information content (AvgIpc) is 3.66. The van der Waals surface area contributed by atoms with Crippen LogP contribution < -0.4 is 16.0 Å². The molecular weight excluding hydrogens is 530 g/mol. The standard InChI is InChI=1S/C29H35N13/c1-20-28(42(20)39(3)33-2)38-29(24-5-4-13-35-27(24)32)41(19-31)23-8-6-21(7-9-23)18-40-15-11-22(12-16-40)36-25-10-14-34-26(17-30)37-25/h4-10,13-14,19-20,22,28,31H,2,11-12,15-16,18H2,1,3H3,(H2,32,35)(H,34,36,37)/b31-19?,38-29-/t20?,28-,42?/m1/s1. The number of aliphatic imine (C=N–C) groups is 1. The molecule has 13 nitrogen and oxygen atoms in total. The smallest absolute Gasteiger partial charge is 0.234 e. The number of pyridine rings is 1. The Kier molecular flexibility index (Phi) is 8.66. The lowest BCUT2D eigenvalue weighted by Crippen LogP contribution is -2.38. The fourth-order valence-corrected chi connectivity index (χ4v) is 5.20. The highest BCUT2D eigenvalue weighted by atomic mass is 15.9. The van der Waals surface area contributed by atoms with Crippen LogP contribution in [-0.2, 0) is 6.54 Å². The van der Waals surface area contributed by atoms with E-state index in [1.165, 1.54) is 11.9 Å². The van der Waals surface area contributed by atoms with Crippen LogP contribution in [0.5, 0.6) is 0 Å². The van der Waals surface area contributed by atoms with Crippen LogP contribution in [0.15, 0.2) is 65.0 Å². The molecular formula is C29H35N13. The van der Waals surface area contributed by atoms with Crippen molar-refractivity contribution in [3.63, 3.8) is 0 Å². The SMILES string of the molecule is C=NN(C)N1C(C)[C@@H]1/N=C(/c1cccnc1N)N(C=N)c1ccc(CN2CCC(Nc3ccnc(C#N)n3)CC2)cc1. The van der Waals surface area contributed by atoms with Gasteiger partial charge < -0.3 is 11.1 Å². The van der Waals surface area contributed by atoms with Gasteiger partial charge in [-0.05, 0) is 55.7 Å². The van der Waals surface area contributed by atoms with Crippen molar-refractivity contribution in [1.82, 2.24) is 30.0 Å². The maximum atomic E-state index is 9.03. The predicted octanol–water partition coefficient (Wildman–Crippen LogP) is 2.75. The number of amidine groups is 1. The normalized spacial score (nSPS) is 20.8. The van der Waals surface area contributed by atoms with E-state index < -0.39 is 0 Å². The van der Waals surface area contributed by atoms with Gasteiger partial charge in [-0.25, -0.2) is 25.1 Å². The molecule has 1 aromatic carbocycles. The molecule has 4 heterocycles. The van der Waals surface area contributed by atoms with E-state index in [2.05, 4.69) is 56.0 Å². The number of hydrazine groups is 1. The van der Waals surface area contributed by atoms with Crippen LogP contribution in [0.2, 0.25) is 0 Å². The van der Waals surface area contributed by atoms with E-state index in [-0.39, 0.29) is 18.0 Å². The number of hydrazone groups is 1. The zero-order valence-corrected chi connectivity index (χ0v) is 23.8. The zero-order chi connectivity index (χ0) is 29.6. The number of benzene rings is 1. The van der Waals surface area contributed by atoms with Crippen LogP contribution >= 0.6 is 0 Å². The van der Waals surface area contributed by atoms with Crippen molar-refractivity contribution in [2.24, 2.45) is 10.1 Å². The molecule has 2 aromatic heterocycles. The largest absolute Gasteiger partial charge is 0.383 e. The molecule has 0 amide bonds. The van der Waals surface area contributed by atoms with E-state index in [9.17, 15) is 0 Å². The Bertz CT molecular complexity index is 1470. The van der Waals surface area contributed by atoms with Crippen LogP contribution in [-0.4, -0.2) is 87.3 Å². The maximum absolute atomic E-state index is 9.03. The third-order valence-corrected chi connectivity index (χ3v) is 7.58. The van der Waals surface area contributed by atoms with E-state index in [1.807, 2.05) is 42.4 Å². The van der Waals surface area contributed by atoms with Crippen molar-refractivity contribution >= 4 is 36.2 Å². The maximum Gasteiger partial charge on any atom is 0.234 e. The van der Waals surface area contributed by atoms with Gasteiger partial charge in [-0.15, -0.1) is 0 Å². The molecule has 0 spiro atoms. The van der Waals surface area contributed by atoms with Crippen LogP contribution in [0.25, 0.3) is 0 Å². The van der Waals surface area contributed by atoms with Gasteiger partial charge >= 0.3 is 0 Å². The van der Waals surface area contributed by atoms with Gasteiger partial charge in [0.2, 0.25) is 5.82 Å². The molecule has 42 heavy (non-hydrogen) atoms. The Morgan fingerprint density at radius 2 is 1.98 bits per heavy atom. The minimum absolute atomic E-state index is 0.124. The number of aromatic nitrogens is 3. The summed E-state index contributed by atoms with van der Waals surface area (Å²) in [5.74, 6) is 1.75. The molecule has 0 bridgehead atoms. The van der Waals surface area contributed by atoms with Gasteiger partial charge in [0, 0.05) is 57.5 Å². The van der Waals surface area contributed by atoms with Crippen molar-refractivity contribution in [1.29, 1.82) is 10.7 Å². The summed E-state index contributed by atoms with van der Waals surface area (Å²) < 4.78 is 0. The molecule has 216 valence electrons. The first-order valence-corrected chi connectivity index (χ1v) is 13.8. The first-order chi connectivity index (χ1) is 20.4. The minimum Gasteiger partial charge on any atom is -0.383 e. The van der Waals surface area contributed by atoms with Crippen molar-refractivity contribution in [2.45, 2.75) is 44.6 Å². The topological polar surface area (TPSA) is 162 Å². The molecule has 3 aromatic rings. The average molecular weight is 566 g/mol. The zero-order valence-electron chi connectivity index (χ0n) is 23.8. The van der Waals surface area contributed by atoms with Gasteiger partial charge in [-0.2, -0.15) is 15.4 Å². The summed E-state index contributed by atoms with van der Waals surface area (Å²) in [7, 11) is 1.83. The molecule has 2 aliphatic rings. The van der Waals surface area contributed by atoms with Gasteiger partial charge in [-0.3, -0.25) is 15.2 Å². The molecule has 0 radical (unpaired) electrons. The Hall–Kier alpha value is -4.93. The number of nitrogens with one attached hydrogen (secondary N) is 2. The molecule has 13 heteroatoms. The van der Waals surface area contributed by atoms with Gasteiger partial charge in [0.25, 0.3) is 0 Å². The summed E-state index contributed by atoms with van der Waals surface area (Å²) in [4.78, 5) is 21.6. The van der Waals surface area contributed by atoms with E-state index in [0.717, 1.165) is 38.2 Å². The highest BCUT2D eigenvalue weighted by Crippen LogP contribution is 2.32. The second-order valence-electron chi connectivity index (χ2n) is 10.3. The molecule has 5 rings (SSSR count). The van der Waals surface area contributed by atoms with Crippen LogP contribution in [0.3, 0.4) is 0 Å². The van der Waals surface area contributed by atoms with E-state index in [0.29, 0.717) is 29.1 Å². The molecule has 3 atom stereocenters. The minimum atomic E-state index is -0.169. The summed E-state index contributed by atoms with van der Waals surface area (Å²) in [5.41, 5.74) is 8.90. The highest BCUT2D eigenvalue weighted by Gasteiger charge is 2.48. The molecule has 0 saturated carbocycles. The monoisotopic (exact) mass is 565 g/mol. The number of nitrogens with zero attached hydrogens (tertiary/aromatic N) is 10. The second kappa shape index (κ2) is 12.7. The first kappa shape index (κ1) is 28.6. The summed E-state index contributed by atoms with van der Waals surface area (Å²) >= 11 is 0. The number of hydrogen-bond acceptors (Lipinski definition) is 12. The van der Waals surface area contributed by atoms with Gasteiger partial charge in [0.15, 0.2) is 0 Å². The number of nitrogen functional groups attached to an aromatic ring is 1. The Labute approximate surface area is 245 Å². The summed E-state index contributed by atoms with van der Waals surface area (Å²) in [5, 5.41) is 28.4. The van der Waals surface area contributed by atoms with Gasteiger partial charge in [0.05, 0.1) is 17.9 Å². The predicted molar refractivity (Wildman–Crippen MR) is 164 cm³/mol. The quantitative estimate of drug-likeness (QED) is 0.144. The number of piperidine rings is 1. The Morgan fingerprint density at radius 1 is 1.21 bits per heavy atom. The van der Waals surface area contributed by atoms with Gasteiger partial charge in [-0.1, -0.05) is 12.1 Å². The lowest BCUT2D eigenvalue weighted by molar-refractivity contribution is 0.107. The van der Waals surface area contributed by atoms with Crippen molar-refractivity contribution in [2.75, 3.05) is 36.1 Å². The fourth-order valence-electron chi connectivity index (χ4n) is 5.20. The third kappa shape index (κ3) is 6.35. The van der Waals surface area contributed by atoms with E-state index in [1.54, 1.807) is 28.5 Å². The van der Waals surface area contributed by atoms with Crippen molar-refractivity contribution < 1.29 is 0 Å². The Balaban J connectivity index is 1.26. The van der Waals surface area contributed by atoms with Crippen LogP contribution in [0.4, 0.5) is 17.3 Å². The van der Waals surface area contributed by atoms with E-state index in [4.69, 9.17) is 21.4 Å². The number of likely N-dealkylation sites (tertiary alicyclic amines) is 1.